The molecule has 1 rings (SSSR count). The molecule has 2 N–H and O–H groups in total. The van der Waals surface area contributed by atoms with E-state index in [2.05, 4.69) is 15.0 Å². The zero-order valence-corrected chi connectivity index (χ0v) is 11.2. The Morgan fingerprint density at radius 3 is 2.71 bits per heavy atom. The Hall–Kier alpha value is -1.14. The smallest absolute Gasteiger partial charge is 0.260 e. The van der Waals surface area contributed by atoms with Crippen molar-refractivity contribution in [3.8, 4) is 0 Å². The topological polar surface area (TPSA) is 71.1 Å². The van der Waals surface area contributed by atoms with E-state index in [9.17, 15) is 8.42 Å². The van der Waals surface area contributed by atoms with E-state index in [1.54, 1.807) is 12.1 Å². The first-order chi connectivity index (χ1) is 8.01. The van der Waals surface area contributed by atoms with Gasteiger partial charge in [0, 0.05) is 18.8 Å². The first kappa shape index (κ1) is 13.9. The maximum atomic E-state index is 12.1. The molecule has 0 saturated heterocycles. The molecule has 6 heteroatoms. The normalized spacial score (nSPS) is 13.4. The third-order valence-electron chi connectivity index (χ3n) is 2.36. The maximum absolute atomic E-state index is 12.1. The van der Waals surface area contributed by atoms with Crippen molar-refractivity contribution in [3.05, 3.63) is 18.3 Å². The van der Waals surface area contributed by atoms with Gasteiger partial charge in [0.05, 0.1) is 5.69 Å². The van der Waals surface area contributed by atoms with Gasteiger partial charge in [-0.05, 0) is 32.4 Å². The average molecular weight is 257 g/mol. The van der Waals surface area contributed by atoms with Gasteiger partial charge in [0.1, 0.15) is 0 Å². The first-order valence-electron chi connectivity index (χ1n) is 5.72. The highest BCUT2D eigenvalue weighted by atomic mass is 32.2. The standard InChI is InChI=1S/C11H19N3O2S/c1-4-9(3)14-17(15,16)11-10(12-5-2)7-6-8-13-11/h6-9,12,14H,4-5H2,1-3H3. The van der Waals surface area contributed by atoms with E-state index < -0.39 is 10.0 Å². The van der Waals surface area contributed by atoms with Crippen molar-refractivity contribution in [1.29, 1.82) is 0 Å². The third-order valence-corrected chi connectivity index (χ3v) is 3.91. The van der Waals surface area contributed by atoms with E-state index in [-0.39, 0.29) is 11.1 Å². The Labute approximate surface area is 103 Å². The molecule has 96 valence electrons. The van der Waals surface area contributed by atoms with Gasteiger partial charge in [-0.3, -0.25) is 0 Å². The van der Waals surface area contributed by atoms with Crippen LogP contribution in [0.3, 0.4) is 0 Å². The van der Waals surface area contributed by atoms with Crippen LogP contribution in [-0.4, -0.2) is 26.0 Å². The number of anilines is 1. The highest BCUT2D eigenvalue weighted by Crippen LogP contribution is 2.17. The number of pyridine rings is 1. The van der Waals surface area contributed by atoms with Crippen molar-refractivity contribution < 1.29 is 8.42 Å². The highest BCUT2D eigenvalue weighted by Gasteiger charge is 2.21. The fourth-order valence-corrected chi connectivity index (χ4v) is 2.77. The summed E-state index contributed by atoms with van der Waals surface area (Å²) in [5, 5.41) is 3.05. The summed E-state index contributed by atoms with van der Waals surface area (Å²) >= 11 is 0. The number of rotatable bonds is 6. The molecule has 0 bridgehead atoms. The first-order valence-corrected chi connectivity index (χ1v) is 7.20. The number of nitrogens with zero attached hydrogens (tertiary/aromatic N) is 1. The highest BCUT2D eigenvalue weighted by molar-refractivity contribution is 7.89. The molecule has 0 fully saturated rings. The molecule has 1 aromatic rings. The van der Waals surface area contributed by atoms with E-state index in [1.165, 1.54) is 6.20 Å². The van der Waals surface area contributed by atoms with Gasteiger partial charge in [-0.15, -0.1) is 0 Å². The van der Waals surface area contributed by atoms with Crippen LogP contribution in [0.2, 0.25) is 0 Å². The molecule has 0 aliphatic carbocycles. The molecule has 1 atom stereocenters. The van der Waals surface area contributed by atoms with Crippen LogP contribution in [0.4, 0.5) is 5.69 Å². The van der Waals surface area contributed by atoms with Crippen LogP contribution in [0.15, 0.2) is 23.4 Å². The molecule has 0 saturated carbocycles. The zero-order valence-electron chi connectivity index (χ0n) is 10.4. The van der Waals surface area contributed by atoms with Crippen LogP contribution < -0.4 is 10.0 Å². The second-order valence-electron chi connectivity index (χ2n) is 3.82. The number of hydrogen-bond donors (Lipinski definition) is 2. The van der Waals surface area contributed by atoms with Gasteiger partial charge in [-0.25, -0.2) is 18.1 Å². The summed E-state index contributed by atoms with van der Waals surface area (Å²) < 4.78 is 26.8. The summed E-state index contributed by atoms with van der Waals surface area (Å²) in [7, 11) is -3.55. The maximum Gasteiger partial charge on any atom is 0.260 e. The number of aromatic nitrogens is 1. The molecule has 0 aliphatic rings. The average Bonchev–Trinajstić information content (AvgIpc) is 2.29. The predicted octanol–water partition coefficient (Wildman–Crippen LogP) is 1.59. The zero-order chi connectivity index (χ0) is 12.9. The van der Waals surface area contributed by atoms with Gasteiger partial charge in [0.25, 0.3) is 10.0 Å². The molecule has 5 nitrogen and oxygen atoms in total. The van der Waals surface area contributed by atoms with Crippen LogP contribution in [0.1, 0.15) is 27.2 Å². The molecule has 17 heavy (non-hydrogen) atoms. The molecule has 0 radical (unpaired) electrons. The second-order valence-corrected chi connectivity index (χ2v) is 5.45. The molecule has 0 aromatic carbocycles. The number of sulfonamides is 1. The van der Waals surface area contributed by atoms with Crippen molar-refractivity contribution in [2.75, 3.05) is 11.9 Å². The van der Waals surface area contributed by atoms with E-state index >= 15 is 0 Å². The van der Waals surface area contributed by atoms with Crippen molar-refractivity contribution in [2.45, 2.75) is 38.3 Å². The van der Waals surface area contributed by atoms with Gasteiger partial charge in [0.2, 0.25) is 0 Å². The SMILES string of the molecule is CCNc1cccnc1S(=O)(=O)NC(C)CC. The summed E-state index contributed by atoms with van der Waals surface area (Å²) in [4.78, 5) is 3.94. The minimum absolute atomic E-state index is 0.0575. The van der Waals surface area contributed by atoms with Gasteiger partial charge >= 0.3 is 0 Å². The van der Waals surface area contributed by atoms with Gasteiger partial charge in [-0.2, -0.15) is 0 Å². The Kier molecular flexibility index (Phi) is 4.89. The lowest BCUT2D eigenvalue weighted by Gasteiger charge is -2.14. The summed E-state index contributed by atoms with van der Waals surface area (Å²) in [6, 6.07) is 3.32. The lowest BCUT2D eigenvalue weighted by atomic mass is 10.3. The minimum Gasteiger partial charge on any atom is -0.383 e. The Bertz CT molecular complexity index is 460. The summed E-state index contributed by atoms with van der Waals surface area (Å²) in [6.45, 7) is 6.31. The lowest BCUT2D eigenvalue weighted by molar-refractivity contribution is 0.553. The largest absolute Gasteiger partial charge is 0.383 e. The molecule has 1 unspecified atom stereocenters. The summed E-state index contributed by atoms with van der Waals surface area (Å²) in [6.07, 6.45) is 2.22. The van der Waals surface area contributed by atoms with Crippen molar-refractivity contribution >= 4 is 15.7 Å². The van der Waals surface area contributed by atoms with E-state index in [1.807, 2.05) is 20.8 Å². The lowest BCUT2D eigenvalue weighted by Crippen LogP contribution is -2.33. The molecule has 0 amide bonds. The fraction of sp³-hybridized carbons (Fsp3) is 0.545. The van der Waals surface area contributed by atoms with Crippen LogP contribution in [0.25, 0.3) is 0 Å². The third kappa shape index (κ3) is 3.67. The van der Waals surface area contributed by atoms with Gasteiger partial charge < -0.3 is 5.32 Å². The number of nitrogens with one attached hydrogen (secondary N) is 2. The Morgan fingerprint density at radius 1 is 1.41 bits per heavy atom. The van der Waals surface area contributed by atoms with Crippen LogP contribution in [-0.2, 0) is 10.0 Å². The Morgan fingerprint density at radius 2 is 2.12 bits per heavy atom. The van der Waals surface area contributed by atoms with Crippen LogP contribution in [0.5, 0.6) is 0 Å². The molecule has 0 spiro atoms. The summed E-state index contributed by atoms with van der Waals surface area (Å²) in [5.41, 5.74) is 0.533. The quantitative estimate of drug-likeness (QED) is 0.812. The molecule has 1 heterocycles. The van der Waals surface area contributed by atoms with E-state index in [0.29, 0.717) is 12.2 Å². The molecular weight excluding hydrogens is 238 g/mol. The van der Waals surface area contributed by atoms with Crippen LogP contribution >= 0.6 is 0 Å². The summed E-state index contributed by atoms with van der Waals surface area (Å²) in [5.74, 6) is 0. The monoisotopic (exact) mass is 257 g/mol. The second kappa shape index (κ2) is 5.97. The van der Waals surface area contributed by atoms with E-state index in [4.69, 9.17) is 0 Å². The minimum atomic E-state index is -3.55. The van der Waals surface area contributed by atoms with E-state index in [0.717, 1.165) is 6.42 Å². The van der Waals surface area contributed by atoms with Gasteiger partial charge in [-0.1, -0.05) is 6.92 Å². The van der Waals surface area contributed by atoms with Crippen molar-refractivity contribution in [3.63, 3.8) is 0 Å². The fourth-order valence-electron chi connectivity index (χ4n) is 1.33. The number of hydrogen-bond acceptors (Lipinski definition) is 4. The predicted molar refractivity (Wildman–Crippen MR) is 68.5 cm³/mol. The molecule has 0 aliphatic heterocycles. The Balaban J connectivity index is 3.06. The van der Waals surface area contributed by atoms with Crippen LogP contribution in [0, 0.1) is 0 Å². The molecular formula is C11H19N3O2S. The van der Waals surface area contributed by atoms with Crippen molar-refractivity contribution in [2.24, 2.45) is 0 Å². The van der Waals surface area contributed by atoms with Gasteiger partial charge in [0.15, 0.2) is 5.03 Å². The molecule has 1 aromatic heterocycles. The van der Waals surface area contributed by atoms with Crippen molar-refractivity contribution in [1.82, 2.24) is 9.71 Å².